The highest BCUT2D eigenvalue weighted by atomic mass is 16.5. The number of carbonyl (C=O) groups is 2. The van der Waals surface area contributed by atoms with E-state index in [0.717, 1.165) is 11.3 Å². The first-order chi connectivity index (χ1) is 15.4. The summed E-state index contributed by atoms with van der Waals surface area (Å²) in [6, 6.07) is 13.6. The number of nitrogens with one attached hydrogen (secondary N) is 1. The van der Waals surface area contributed by atoms with Gasteiger partial charge in [0.2, 0.25) is 0 Å². The number of hydrogen-bond donors (Lipinski definition) is 1. The van der Waals surface area contributed by atoms with Crippen molar-refractivity contribution >= 4 is 17.6 Å². The second kappa shape index (κ2) is 10.5. The quantitative estimate of drug-likeness (QED) is 0.493. The summed E-state index contributed by atoms with van der Waals surface area (Å²) >= 11 is 0. The molecule has 3 aromatic rings. The second-order valence-electron chi connectivity index (χ2n) is 7.08. The van der Waals surface area contributed by atoms with Crippen LogP contribution in [0.2, 0.25) is 0 Å². The third kappa shape index (κ3) is 5.66. The molecular formula is C24H26N2O6. The Balaban J connectivity index is 1.55. The number of para-hydroxylation sites is 2. The molecule has 3 rings (SSSR count). The summed E-state index contributed by atoms with van der Waals surface area (Å²) in [6.07, 6.45) is -0.993. The van der Waals surface area contributed by atoms with E-state index in [4.69, 9.17) is 18.7 Å². The molecule has 0 spiro atoms. The average molecular weight is 438 g/mol. The van der Waals surface area contributed by atoms with Gasteiger partial charge in [-0.3, -0.25) is 4.79 Å². The van der Waals surface area contributed by atoms with Gasteiger partial charge in [0, 0.05) is 0 Å². The molecule has 8 nitrogen and oxygen atoms in total. The van der Waals surface area contributed by atoms with E-state index in [1.807, 2.05) is 26.8 Å². The Morgan fingerprint density at radius 3 is 2.44 bits per heavy atom. The minimum Gasteiger partial charge on any atom is -0.492 e. The molecule has 0 aliphatic heterocycles. The van der Waals surface area contributed by atoms with Crippen molar-refractivity contribution in [3.63, 3.8) is 0 Å². The van der Waals surface area contributed by atoms with Crippen LogP contribution in [-0.2, 0) is 16.1 Å². The summed E-state index contributed by atoms with van der Waals surface area (Å²) < 4.78 is 21.7. The Bertz CT molecular complexity index is 1050. The van der Waals surface area contributed by atoms with E-state index in [1.54, 1.807) is 42.5 Å². The Morgan fingerprint density at radius 1 is 1.06 bits per heavy atom. The van der Waals surface area contributed by atoms with E-state index in [0.29, 0.717) is 41.7 Å². The normalized spacial score (nSPS) is 11.5. The maximum atomic E-state index is 12.5. The van der Waals surface area contributed by atoms with E-state index in [1.165, 1.54) is 6.92 Å². The summed E-state index contributed by atoms with van der Waals surface area (Å²) in [6.45, 7) is 7.82. The second-order valence-corrected chi connectivity index (χ2v) is 7.08. The molecule has 0 saturated carbocycles. The molecular weight excluding hydrogens is 412 g/mol. The van der Waals surface area contributed by atoms with Gasteiger partial charge in [0.1, 0.15) is 23.9 Å². The van der Waals surface area contributed by atoms with Gasteiger partial charge in [-0.2, -0.15) is 0 Å². The minimum absolute atomic E-state index is 0.309. The highest BCUT2D eigenvalue weighted by Crippen LogP contribution is 2.24. The van der Waals surface area contributed by atoms with Crippen LogP contribution in [-0.4, -0.2) is 29.7 Å². The first-order valence-electron chi connectivity index (χ1n) is 10.3. The van der Waals surface area contributed by atoms with Crippen LogP contribution in [0.4, 0.5) is 5.69 Å². The molecule has 1 N–H and O–H groups in total. The molecule has 0 radical (unpaired) electrons. The maximum absolute atomic E-state index is 12.5. The highest BCUT2D eigenvalue weighted by Gasteiger charge is 2.20. The Kier molecular flexibility index (Phi) is 7.49. The summed E-state index contributed by atoms with van der Waals surface area (Å²) in [4.78, 5) is 24.9. The summed E-state index contributed by atoms with van der Waals surface area (Å²) in [5, 5.41) is 6.62. The van der Waals surface area contributed by atoms with Gasteiger partial charge in [0.25, 0.3) is 5.91 Å². The van der Waals surface area contributed by atoms with Crippen molar-refractivity contribution in [1.29, 1.82) is 0 Å². The zero-order chi connectivity index (χ0) is 23.1. The maximum Gasteiger partial charge on any atom is 0.338 e. The Labute approximate surface area is 186 Å². The number of amides is 1. The van der Waals surface area contributed by atoms with Gasteiger partial charge >= 0.3 is 5.97 Å². The number of ether oxygens (including phenoxy) is 3. The standard InChI is InChI=1S/C24H26N2O6/c1-5-29-22-9-7-6-8-21(22)25-23(27)17(4)31-24(28)18-10-12-19(13-11-18)30-14-20-15(2)26-32-16(20)3/h6-13,17H,5,14H2,1-4H3,(H,25,27). The fraction of sp³-hybridized carbons (Fsp3) is 0.292. The first kappa shape index (κ1) is 22.9. The van der Waals surface area contributed by atoms with Gasteiger partial charge < -0.3 is 24.1 Å². The van der Waals surface area contributed by atoms with Crippen molar-refractivity contribution in [2.24, 2.45) is 0 Å². The zero-order valence-corrected chi connectivity index (χ0v) is 18.5. The highest BCUT2D eigenvalue weighted by molar-refractivity contribution is 5.98. The van der Waals surface area contributed by atoms with E-state index in [2.05, 4.69) is 10.5 Å². The van der Waals surface area contributed by atoms with Gasteiger partial charge in [0.05, 0.1) is 29.1 Å². The molecule has 0 bridgehead atoms. The number of esters is 1. The SMILES string of the molecule is CCOc1ccccc1NC(=O)C(C)OC(=O)c1ccc(OCc2c(C)noc2C)cc1. The van der Waals surface area contributed by atoms with Crippen molar-refractivity contribution in [3.05, 3.63) is 71.1 Å². The summed E-state index contributed by atoms with van der Waals surface area (Å²) in [5.41, 5.74) is 2.49. The monoisotopic (exact) mass is 438 g/mol. The minimum atomic E-state index is -0.993. The number of anilines is 1. The largest absolute Gasteiger partial charge is 0.492 e. The van der Waals surface area contributed by atoms with Crippen molar-refractivity contribution < 1.29 is 28.3 Å². The predicted molar refractivity (Wildman–Crippen MR) is 118 cm³/mol. The molecule has 168 valence electrons. The lowest BCUT2D eigenvalue weighted by molar-refractivity contribution is -0.123. The fourth-order valence-corrected chi connectivity index (χ4v) is 2.92. The molecule has 8 heteroatoms. The molecule has 1 atom stereocenters. The van der Waals surface area contributed by atoms with Gasteiger partial charge in [0.15, 0.2) is 6.10 Å². The smallest absolute Gasteiger partial charge is 0.338 e. The number of rotatable bonds is 9. The predicted octanol–water partition coefficient (Wildman–Crippen LogP) is 4.45. The van der Waals surface area contributed by atoms with Crippen LogP contribution in [0.15, 0.2) is 53.1 Å². The van der Waals surface area contributed by atoms with E-state index in [9.17, 15) is 9.59 Å². The fourth-order valence-electron chi connectivity index (χ4n) is 2.92. The van der Waals surface area contributed by atoms with Crippen LogP contribution in [0.1, 0.15) is 41.2 Å². The number of benzene rings is 2. The van der Waals surface area contributed by atoms with Crippen molar-refractivity contribution in [1.82, 2.24) is 5.16 Å². The van der Waals surface area contributed by atoms with Crippen LogP contribution < -0.4 is 14.8 Å². The van der Waals surface area contributed by atoms with Crippen LogP contribution >= 0.6 is 0 Å². The van der Waals surface area contributed by atoms with Crippen LogP contribution in [0.3, 0.4) is 0 Å². The lowest BCUT2D eigenvalue weighted by Crippen LogP contribution is -2.30. The van der Waals surface area contributed by atoms with Crippen molar-refractivity contribution in [3.8, 4) is 11.5 Å². The average Bonchev–Trinajstić information content (AvgIpc) is 3.11. The van der Waals surface area contributed by atoms with Crippen LogP contribution in [0, 0.1) is 13.8 Å². The molecule has 0 fully saturated rings. The number of aryl methyl sites for hydroxylation is 2. The molecule has 2 aromatic carbocycles. The molecule has 0 aliphatic carbocycles. The van der Waals surface area contributed by atoms with Gasteiger partial charge in [-0.05, 0) is 64.1 Å². The first-order valence-corrected chi connectivity index (χ1v) is 10.3. The van der Waals surface area contributed by atoms with Gasteiger partial charge in [-0.15, -0.1) is 0 Å². The molecule has 32 heavy (non-hydrogen) atoms. The van der Waals surface area contributed by atoms with Crippen LogP contribution in [0.5, 0.6) is 11.5 Å². The summed E-state index contributed by atoms with van der Waals surface area (Å²) in [7, 11) is 0. The van der Waals surface area contributed by atoms with E-state index in [-0.39, 0.29) is 0 Å². The molecule has 1 amide bonds. The zero-order valence-electron chi connectivity index (χ0n) is 18.5. The Morgan fingerprint density at radius 2 is 1.78 bits per heavy atom. The van der Waals surface area contributed by atoms with Crippen molar-refractivity contribution in [2.75, 3.05) is 11.9 Å². The third-order valence-corrected chi connectivity index (χ3v) is 4.75. The lowest BCUT2D eigenvalue weighted by atomic mass is 10.2. The molecule has 1 aromatic heterocycles. The number of hydrogen-bond acceptors (Lipinski definition) is 7. The number of nitrogens with zero attached hydrogens (tertiary/aromatic N) is 1. The molecule has 1 unspecified atom stereocenters. The molecule has 1 heterocycles. The number of aromatic nitrogens is 1. The molecule has 0 aliphatic rings. The van der Waals surface area contributed by atoms with Gasteiger partial charge in [-0.25, -0.2) is 4.79 Å². The lowest BCUT2D eigenvalue weighted by Gasteiger charge is -2.15. The topological polar surface area (TPSA) is 99.9 Å². The van der Waals surface area contributed by atoms with Crippen LogP contribution in [0.25, 0.3) is 0 Å². The summed E-state index contributed by atoms with van der Waals surface area (Å²) in [5.74, 6) is 0.778. The number of carbonyl (C=O) groups excluding carboxylic acids is 2. The van der Waals surface area contributed by atoms with Gasteiger partial charge in [-0.1, -0.05) is 17.3 Å². The van der Waals surface area contributed by atoms with Crippen molar-refractivity contribution in [2.45, 2.75) is 40.4 Å². The van der Waals surface area contributed by atoms with E-state index >= 15 is 0 Å². The Hall–Kier alpha value is -3.81. The van der Waals surface area contributed by atoms with E-state index < -0.39 is 18.0 Å². The third-order valence-electron chi connectivity index (χ3n) is 4.75. The molecule has 0 saturated heterocycles.